The highest BCUT2D eigenvalue weighted by atomic mass is 32.1. The molecule has 3 unspecified atom stereocenters. The molecule has 0 spiro atoms. The molecule has 3 amide bonds. The van der Waals surface area contributed by atoms with Crippen molar-refractivity contribution in [2.24, 2.45) is 5.92 Å². The largest absolute Gasteiger partial charge is 0.337 e. The molecular formula is C14H19N3O2S. The quantitative estimate of drug-likeness (QED) is 0.885. The van der Waals surface area contributed by atoms with Gasteiger partial charge in [0.25, 0.3) is 0 Å². The summed E-state index contributed by atoms with van der Waals surface area (Å²) in [4.78, 5) is 25.6. The van der Waals surface area contributed by atoms with E-state index in [1.54, 1.807) is 11.3 Å². The molecule has 1 saturated heterocycles. The van der Waals surface area contributed by atoms with Gasteiger partial charge in [0.05, 0.1) is 6.04 Å². The molecule has 3 rings (SSSR count). The number of nitrogens with zero attached hydrogens (tertiary/aromatic N) is 1. The zero-order valence-corrected chi connectivity index (χ0v) is 12.3. The van der Waals surface area contributed by atoms with Crippen molar-refractivity contribution in [3.05, 3.63) is 22.4 Å². The number of carbonyl (C=O) groups excluding carboxylic acids is 2. The van der Waals surface area contributed by atoms with Crippen molar-refractivity contribution >= 4 is 23.3 Å². The molecule has 0 aromatic carbocycles. The maximum atomic E-state index is 11.9. The number of hydrogen-bond acceptors (Lipinski definition) is 3. The van der Waals surface area contributed by atoms with Crippen LogP contribution < -0.4 is 10.6 Å². The zero-order chi connectivity index (χ0) is 14.1. The number of carbonyl (C=O) groups is 2. The smallest absolute Gasteiger partial charge is 0.315 e. The molecule has 0 radical (unpaired) electrons. The molecule has 3 atom stereocenters. The Labute approximate surface area is 122 Å². The fraction of sp³-hybridized carbons (Fsp3) is 0.571. The van der Waals surface area contributed by atoms with E-state index in [4.69, 9.17) is 0 Å². The van der Waals surface area contributed by atoms with Crippen LogP contribution in [-0.2, 0) is 11.3 Å². The zero-order valence-electron chi connectivity index (χ0n) is 11.5. The first kappa shape index (κ1) is 13.4. The summed E-state index contributed by atoms with van der Waals surface area (Å²) in [6, 6.07) is 2.14. The number of likely N-dealkylation sites (tertiary alicyclic amines) is 1. The maximum absolute atomic E-state index is 11.9. The van der Waals surface area contributed by atoms with Gasteiger partial charge in [0.1, 0.15) is 0 Å². The van der Waals surface area contributed by atoms with Crippen LogP contribution in [0.1, 0.15) is 25.3 Å². The summed E-state index contributed by atoms with van der Waals surface area (Å²) in [7, 11) is 0. The lowest BCUT2D eigenvalue weighted by Crippen LogP contribution is -2.43. The Hall–Kier alpha value is -1.56. The summed E-state index contributed by atoms with van der Waals surface area (Å²) in [5.74, 6) is 0.785. The van der Waals surface area contributed by atoms with Gasteiger partial charge in [0.15, 0.2) is 0 Å². The first-order chi connectivity index (χ1) is 9.63. The molecule has 108 valence electrons. The number of hydrogen-bond donors (Lipinski definition) is 2. The first-order valence-electron chi connectivity index (χ1n) is 6.98. The molecule has 0 bridgehead atoms. The van der Waals surface area contributed by atoms with Crippen LogP contribution in [-0.4, -0.2) is 35.5 Å². The predicted molar refractivity (Wildman–Crippen MR) is 77.4 cm³/mol. The summed E-state index contributed by atoms with van der Waals surface area (Å²) in [6.07, 6.45) is 1.53. The third-order valence-corrected chi connectivity index (χ3v) is 4.73. The van der Waals surface area contributed by atoms with E-state index in [9.17, 15) is 9.59 Å². The van der Waals surface area contributed by atoms with Crippen molar-refractivity contribution in [3.8, 4) is 0 Å². The molecule has 2 aliphatic rings. The van der Waals surface area contributed by atoms with Crippen LogP contribution in [0, 0.1) is 5.92 Å². The monoisotopic (exact) mass is 293 g/mol. The highest BCUT2D eigenvalue weighted by Gasteiger charge is 2.44. The van der Waals surface area contributed by atoms with Gasteiger partial charge in [0, 0.05) is 25.6 Å². The Morgan fingerprint density at radius 2 is 2.35 bits per heavy atom. The lowest BCUT2D eigenvalue weighted by atomic mass is 10.2. The summed E-state index contributed by atoms with van der Waals surface area (Å²) < 4.78 is 0. The van der Waals surface area contributed by atoms with E-state index >= 15 is 0 Å². The van der Waals surface area contributed by atoms with E-state index < -0.39 is 0 Å². The van der Waals surface area contributed by atoms with E-state index in [0.717, 1.165) is 12.0 Å². The second kappa shape index (κ2) is 5.44. The minimum atomic E-state index is -0.195. The summed E-state index contributed by atoms with van der Waals surface area (Å²) in [6.45, 7) is 3.34. The average molecular weight is 293 g/mol. The first-order valence-corrected chi connectivity index (χ1v) is 7.92. The van der Waals surface area contributed by atoms with Crippen molar-refractivity contribution in [1.29, 1.82) is 0 Å². The van der Waals surface area contributed by atoms with E-state index in [2.05, 4.69) is 17.6 Å². The van der Waals surface area contributed by atoms with Crippen molar-refractivity contribution in [1.82, 2.24) is 15.5 Å². The van der Waals surface area contributed by atoms with Crippen LogP contribution in [0.25, 0.3) is 0 Å². The Balaban J connectivity index is 1.44. The van der Waals surface area contributed by atoms with Crippen LogP contribution in [0.5, 0.6) is 0 Å². The SMILES string of the molecule is CC1CC1N1CC(NC(=O)NCc2ccsc2)CC1=O. The lowest BCUT2D eigenvalue weighted by Gasteiger charge is -2.17. The standard InChI is InChI=1S/C14H19N3O2S/c1-9-4-12(9)17-7-11(5-13(17)18)16-14(19)15-6-10-2-3-20-8-10/h2-3,8-9,11-12H,4-7H2,1H3,(H2,15,16,19). The number of thiophene rings is 1. The van der Waals surface area contributed by atoms with Gasteiger partial charge in [-0.2, -0.15) is 11.3 Å². The van der Waals surface area contributed by atoms with Crippen LogP contribution in [0.4, 0.5) is 4.79 Å². The van der Waals surface area contributed by atoms with Gasteiger partial charge in [-0.3, -0.25) is 4.79 Å². The normalized spacial score (nSPS) is 28.6. The molecule has 20 heavy (non-hydrogen) atoms. The van der Waals surface area contributed by atoms with Gasteiger partial charge in [-0.25, -0.2) is 4.79 Å². The van der Waals surface area contributed by atoms with Crippen molar-refractivity contribution in [2.75, 3.05) is 6.54 Å². The minimum absolute atomic E-state index is 0.0576. The van der Waals surface area contributed by atoms with Gasteiger partial charge in [0.2, 0.25) is 5.91 Å². The van der Waals surface area contributed by atoms with Gasteiger partial charge in [-0.1, -0.05) is 6.92 Å². The third-order valence-electron chi connectivity index (χ3n) is 3.99. The van der Waals surface area contributed by atoms with Gasteiger partial charge in [-0.15, -0.1) is 0 Å². The molecule has 1 aliphatic heterocycles. The van der Waals surface area contributed by atoms with Crippen LogP contribution in [0.15, 0.2) is 16.8 Å². The molecule has 2 N–H and O–H groups in total. The van der Waals surface area contributed by atoms with E-state index in [-0.39, 0.29) is 18.0 Å². The minimum Gasteiger partial charge on any atom is -0.337 e. The number of amides is 3. The summed E-state index contributed by atoms with van der Waals surface area (Å²) >= 11 is 1.61. The molecule has 2 fully saturated rings. The van der Waals surface area contributed by atoms with Gasteiger partial charge in [-0.05, 0) is 34.7 Å². The Kier molecular flexibility index (Phi) is 3.65. The predicted octanol–water partition coefficient (Wildman–Crippen LogP) is 1.56. The Morgan fingerprint density at radius 1 is 1.55 bits per heavy atom. The molecule has 1 aromatic heterocycles. The molecule has 2 heterocycles. The number of urea groups is 1. The Bertz CT molecular complexity index is 503. The van der Waals surface area contributed by atoms with E-state index in [1.807, 2.05) is 21.7 Å². The van der Waals surface area contributed by atoms with E-state index in [0.29, 0.717) is 31.5 Å². The van der Waals surface area contributed by atoms with Crippen molar-refractivity contribution in [2.45, 2.75) is 38.4 Å². The summed E-state index contributed by atoms with van der Waals surface area (Å²) in [5, 5.41) is 9.71. The topological polar surface area (TPSA) is 61.4 Å². The fourth-order valence-corrected chi connectivity index (χ4v) is 3.37. The highest BCUT2D eigenvalue weighted by Crippen LogP contribution is 2.37. The fourth-order valence-electron chi connectivity index (χ4n) is 2.70. The Morgan fingerprint density at radius 3 is 3.00 bits per heavy atom. The molecule has 1 aliphatic carbocycles. The molecule has 6 heteroatoms. The van der Waals surface area contributed by atoms with Crippen LogP contribution >= 0.6 is 11.3 Å². The van der Waals surface area contributed by atoms with E-state index in [1.165, 1.54) is 0 Å². The molecule has 5 nitrogen and oxygen atoms in total. The van der Waals surface area contributed by atoms with Crippen LogP contribution in [0.3, 0.4) is 0 Å². The molecule has 1 saturated carbocycles. The average Bonchev–Trinajstić information content (AvgIpc) is 2.81. The molecule has 1 aromatic rings. The van der Waals surface area contributed by atoms with Crippen molar-refractivity contribution < 1.29 is 9.59 Å². The second-order valence-electron chi connectivity index (χ2n) is 5.69. The lowest BCUT2D eigenvalue weighted by molar-refractivity contribution is -0.128. The highest BCUT2D eigenvalue weighted by molar-refractivity contribution is 7.07. The third kappa shape index (κ3) is 2.95. The summed E-state index contributed by atoms with van der Waals surface area (Å²) in [5.41, 5.74) is 1.10. The number of nitrogens with one attached hydrogen (secondary N) is 2. The van der Waals surface area contributed by atoms with Crippen molar-refractivity contribution in [3.63, 3.8) is 0 Å². The van der Waals surface area contributed by atoms with Gasteiger partial charge < -0.3 is 15.5 Å². The maximum Gasteiger partial charge on any atom is 0.315 e. The molecular weight excluding hydrogens is 274 g/mol. The number of rotatable bonds is 4. The second-order valence-corrected chi connectivity index (χ2v) is 6.47. The van der Waals surface area contributed by atoms with Crippen LogP contribution in [0.2, 0.25) is 0 Å². The van der Waals surface area contributed by atoms with Gasteiger partial charge >= 0.3 is 6.03 Å².